The third-order valence-electron chi connectivity index (χ3n) is 3.28. The highest BCUT2D eigenvalue weighted by molar-refractivity contribution is 5.98. The second-order valence-electron chi connectivity index (χ2n) is 4.61. The van der Waals surface area contributed by atoms with E-state index in [0.29, 0.717) is 5.92 Å². The summed E-state index contributed by atoms with van der Waals surface area (Å²) in [6.45, 7) is 8.41. The summed E-state index contributed by atoms with van der Waals surface area (Å²) < 4.78 is 0. The van der Waals surface area contributed by atoms with Crippen LogP contribution in [0.15, 0.2) is 36.2 Å². The number of Topliss-reactive ketones (excluding diaryl/α,β-unsaturated/α-hetero) is 1. The van der Waals surface area contributed by atoms with Gasteiger partial charge in [-0.3, -0.25) is 9.78 Å². The lowest BCUT2D eigenvalue weighted by atomic mass is 9.92. The Bertz CT molecular complexity index is 395. The normalized spacial score (nSPS) is 15.4. The first-order chi connectivity index (χ1) is 8.06. The summed E-state index contributed by atoms with van der Waals surface area (Å²) in [6, 6.07) is 3.54. The Balaban J connectivity index is 2.78. The van der Waals surface area contributed by atoms with Gasteiger partial charge in [0.25, 0.3) is 0 Å². The number of hydrogen-bond donors (Lipinski definition) is 0. The van der Waals surface area contributed by atoms with Crippen molar-refractivity contribution >= 4 is 5.78 Å². The zero-order valence-corrected chi connectivity index (χ0v) is 11.1. The van der Waals surface area contributed by atoms with Gasteiger partial charge < -0.3 is 0 Å². The average molecular weight is 231 g/mol. The Morgan fingerprint density at radius 2 is 1.94 bits per heavy atom. The van der Waals surface area contributed by atoms with E-state index >= 15 is 0 Å². The summed E-state index contributed by atoms with van der Waals surface area (Å²) in [5.41, 5.74) is 2.03. The van der Waals surface area contributed by atoms with Crippen LogP contribution in [0.2, 0.25) is 0 Å². The number of carbonyl (C=O) groups excluding carboxylic acids is 1. The molecule has 0 saturated heterocycles. The fourth-order valence-electron chi connectivity index (χ4n) is 1.74. The van der Waals surface area contributed by atoms with Gasteiger partial charge in [-0.05, 0) is 31.4 Å². The standard InChI is InChI=1S/C15H21NO/c1-5-11(2)12(3)10-13(4)15(17)14-6-8-16-9-7-14/h6-11,13H,5H2,1-4H3/b12-10+/t11?,13-/m0/s1. The van der Waals surface area contributed by atoms with Crippen molar-refractivity contribution < 1.29 is 4.79 Å². The molecule has 0 aliphatic rings. The molecule has 2 heteroatoms. The lowest BCUT2D eigenvalue weighted by Crippen LogP contribution is -2.10. The highest BCUT2D eigenvalue weighted by atomic mass is 16.1. The van der Waals surface area contributed by atoms with E-state index in [4.69, 9.17) is 0 Å². The first-order valence-corrected chi connectivity index (χ1v) is 6.18. The Labute approximate surface area is 104 Å². The number of rotatable bonds is 5. The Morgan fingerprint density at radius 1 is 1.35 bits per heavy atom. The SMILES string of the molecule is CCC(C)/C(C)=C/[C@H](C)C(=O)c1ccncc1. The molecule has 0 saturated carbocycles. The molecule has 17 heavy (non-hydrogen) atoms. The molecule has 1 aromatic heterocycles. The molecule has 0 fully saturated rings. The topological polar surface area (TPSA) is 30.0 Å². The van der Waals surface area contributed by atoms with Crippen LogP contribution >= 0.6 is 0 Å². The maximum atomic E-state index is 12.1. The summed E-state index contributed by atoms with van der Waals surface area (Å²) in [5.74, 6) is 0.643. The molecule has 0 bridgehead atoms. The molecule has 1 rings (SSSR count). The molecule has 0 aliphatic heterocycles. The first-order valence-electron chi connectivity index (χ1n) is 6.18. The van der Waals surface area contributed by atoms with Crippen molar-refractivity contribution in [3.8, 4) is 0 Å². The van der Waals surface area contributed by atoms with Gasteiger partial charge in [0.1, 0.15) is 0 Å². The Kier molecular flexibility index (Phi) is 5.08. The van der Waals surface area contributed by atoms with E-state index in [1.807, 2.05) is 6.92 Å². The van der Waals surface area contributed by atoms with E-state index in [-0.39, 0.29) is 11.7 Å². The molecule has 92 valence electrons. The minimum atomic E-state index is -0.0635. The van der Waals surface area contributed by atoms with E-state index < -0.39 is 0 Å². The monoisotopic (exact) mass is 231 g/mol. The number of pyridine rings is 1. The van der Waals surface area contributed by atoms with E-state index in [0.717, 1.165) is 12.0 Å². The van der Waals surface area contributed by atoms with Crippen molar-refractivity contribution in [2.24, 2.45) is 11.8 Å². The molecule has 1 unspecified atom stereocenters. The van der Waals surface area contributed by atoms with Gasteiger partial charge in [-0.2, -0.15) is 0 Å². The quantitative estimate of drug-likeness (QED) is 0.568. The molecule has 1 aromatic rings. The molecule has 0 radical (unpaired) electrons. The van der Waals surface area contributed by atoms with Crippen LogP contribution in [0.3, 0.4) is 0 Å². The summed E-state index contributed by atoms with van der Waals surface area (Å²) in [7, 11) is 0. The number of ketones is 1. The molecule has 0 N–H and O–H groups in total. The molecular formula is C15H21NO. The third-order valence-corrected chi connectivity index (χ3v) is 3.28. The average Bonchev–Trinajstić information content (AvgIpc) is 2.37. The van der Waals surface area contributed by atoms with Gasteiger partial charge in [0.2, 0.25) is 0 Å². The van der Waals surface area contributed by atoms with Crippen LogP contribution in [0.4, 0.5) is 0 Å². The second-order valence-corrected chi connectivity index (χ2v) is 4.61. The van der Waals surface area contributed by atoms with Crippen LogP contribution < -0.4 is 0 Å². The van der Waals surface area contributed by atoms with Gasteiger partial charge in [0.15, 0.2) is 5.78 Å². The largest absolute Gasteiger partial charge is 0.294 e. The lowest BCUT2D eigenvalue weighted by molar-refractivity contribution is 0.0952. The van der Waals surface area contributed by atoms with Gasteiger partial charge in [0.05, 0.1) is 0 Å². The summed E-state index contributed by atoms with van der Waals surface area (Å²) in [5, 5.41) is 0. The second kappa shape index (κ2) is 6.33. The predicted molar refractivity (Wildman–Crippen MR) is 70.9 cm³/mol. The Morgan fingerprint density at radius 3 is 2.47 bits per heavy atom. The molecule has 0 amide bonds. The Hall–Kier alpha value is -1.44. The predicted octanol–water partition coefficient (Wildman–Crippen LogP) is 3.89. The summed E-state index contributed by atoms with van der Waals surface area (Å²) in [4.78, 5) is 16.0. The maximum absolute atomic E-state index is 12.1. The number of nitrogens with zero attached hydrogens (tertiary/aromatic N) is 1. The molecule has 0 aromatic carbocycles. The van der Waals surface area contributed by atoms with Crippen LogP contribution in [0.1, 0.15) is 44.5 Å². The number of aromatic nitrogens is 1. The van der Waals surface area contributed by atoms with Crippen molar-refractivity contribution in [1.29, 1.82) is 0 Å². The van der Waals surface area contributed by atoms with Crippen LogP contribution in [0, 0.1) is 11.8 Å². The van der Waals surface area contributed by atoms with Crippen LogP contribution in [0.5, 0.6) is 0 Å². The fraction of sp³-hybridized carbons (Fsp3) is 0.467. The molecule has 1 heterocycles. The third kappa shape index (κ3) is 3.81. The van der Waals surface area contributed by atoms with Gasteiger partial charge in [-0.15, -0.1) is 0 Å². The fourth-order valence-corrected chi connectivity index (χ4v) is 1.74. The molecule has 0 aliphatic carbocycles. The number of allylic oxidation sites excluding steroid dienone is 2. The zero-order chi connectivity index (χ0) is 12.8. The van der Waals surface area contributed by atoms with Gasteiger partial charge in [0, 0.05) is 23.9 Å². The smallest absolute Gasteiger partial charge is 0.169 e. The van der Waals surface area contributed by atoms with E-state index in [9.17, 15) is 4.79 Å². The highest BCUT2D eigenvalue weighted by Crippen LogP contribution is 2.18. The highest BCUT2D eigenvalue weighted by Gasteiger charge is 2.13. The van der Waals surface area contributed by atoms with Gasteiger partial charge in [-0.25, -0.2) is 0 Å². The van der Waals surface area contributed by atoms with E-state index in [1.54, 1.807) is 24.5 Å². The van der Waals surface area contributed by atoms with Crippen molar-refractivity contribution in [3.63, 3.8) is 0 Å². The van der Waals surface area contributed by atoms with Crippen LogP contribution in [-0.2, 0) is 0 Å². The molecule has 2 nitrogen and oxygen atoms in total. The van der Waals surface area contributed by atoms with Crippen molar-refractivity contribution in [2.45, 2.75) is 34.1 Å². The minimum absolute atomic E-state index is 0.0635. The van der Waals surface area contributed by atoms with Crippen LogP contribution in [0.25, 0.3) is 0 Å². The van der Waals surface area contributed by atoms with E-state index in [2.05, 4.69) is 31.8 Å². The summed E-state index contributed by atoms with van der Waals surface area (Å²) >= 11 is 0. The lowest BCUT2D eigenvalue weighted by Gasteiger charge is -2.12. The maximum Gasteiger partial charge on any atom is 0.169 e. The van der Waals surface area contributed by atoms with Crippen molar-refractivity contribution in [3.05, 3.63) is 41.7 Å². The first kappa shape index (κ1) is 13.6. The molecule has 0 spiro atoms. The zero-order valence-electron chi connectivity index (χ0n) is 11.1. The van der Waals surface area contributed by atoms with Crippen LogP contribution in [-0.4, -0.2) is 10.8 Å². The van der Waals surface area contributed by atoms with Gasteiger partial charge in [-0.1, -0.05) is 32.4 Å². The number of carbonyl (C=O) groups is 1. The van der Waals surface area contributed by atoms with Crippen molar-refractivity contribution in [2.75, 3.05) is 0 Å². The molecule has 2 atom stereocenters. The minimum Gasteiger partial charge on any atom is -0.294 e. The van der Waals surface area contributed by atoms with Gasteiger partial charge >= 0.3 is 0 Å². The summed E-state index contributed by atoms with van der Waals surface area (Å²) in [6.07, 6.45) is 6.51. The van der Waals surface area contributed by atoms with E-state index in [1.165, 1.54) is 5.57 Å². The molecular weight excluding hydrogens is 210 g/mol. The van der Waals surface area contributed by atoms with Crippen molar-refractivity contribution in [1.82, 2.24) is 4.98 Å². The number of hydrogen-bond acceptors (Lipinski definition) is 2.